The van der Waals surface area contributed by atoms with Gasteiger partial charge in [-0.25, -0.2) is 0 Å². The zero-order valence-electron chi connectivity index (χ0n) is 22.7. The summed E-state index contributed by atoms with van der Waals surface area (Å²) in [5.74, 6) is 0.493. The maximum absolute atomic E-state index is 11.3. The van der Waals surface area contributed by atoms with Gasteiger partial charge in [0.15, 0.2) is 6.61 Å². The second-order valence-electron chi connectivity index (χ2n) is 7.97. The van der Waals surface area contributed by atoms with Crippen molar-refractivity contribution in [3.05, 3.63) is 65.2 Å². The summed E-state index contributed by atoms with van der Waals surface area (Å²) in [6.07, 6.45) is 3.19. The SMILES string of the molecule is CCNC(=O)COc1ccc(CO)cc1.CCNC(=O)c1ccc(CO)cc1.CNC(=O)CCCCCO. The van der Waals surface area contributed by atoms with Gasteiger partial charge in [-0.1, -0.05) is 30.7 Å². The fourth-order valence-corrected chi connectivity index (χ4v) is 2.81. The summed E-state index contributed by atoms with van der Waals surface area (Å²) < 4.78 is 5.23. The van der Waals surface area contributed by atoms with Gasteiger partial charge < -0.3 is 36.0 Å². The lowest BCUT2D eigenvalue weighted by atomic mass is 10.1. The van der Waals surface area contributed by atoms with Crippen LogP contribution in [0.4, 0.5) is 0 Å². The number of hydrogen-bond donors (Lipinski definition) is 6. The molecule has 2 aromatic rings. The number of aliphatic hydroxyl groups excluding tert-OH is 3. The van der Waals surface area contributed by atoms with Gasteiger partial charge in [0, 0.05) is 38.7 Å². The van der Waals surface area contributed by atoms with E-state index in [9.17, 15) is 14.4 Å². The lowest BCUT2D eigenvalue weighted by Gasteiger charge is -2.06. The first kappa shape index (κ1) is 34.5. The number of hydrogen-bond acceptors (Lipinski definition) is 7. The molecule has 0 aliphatic carbocycles. The lowest BCUT2D eigenvalue weighted by Crippen LogP contribution is -2.28. The van der Waals surface area contributed by atoms with E-state index in [4.69, 9.17) is 20.1 Å². The molecule has 0 aliphatic rings. The first-order chi connectivity index (χ1) is 18.3. The zero-order valence-corrected chi connectivity index (χ0v) is 22.7. The van der Waals surface area contributed by atoms with E-state index >= 15 is 0 Å². The Bertz CT molecular complexity index is 904. The van der Waals surface area contributed by atoms with E-state index in [0.29, 0.717) is 30.8 Å². The molecule has 6 N–H and O–H groups in total. The minimum Gasteiger partial charge on any atom is -0.484 e. The van der Waals surface area contributed by atoms with Gasteiger partial charge in [0.2, 0.25) is 5.91 Å². The van der Waals surface area contributed by atoms with Crippen LogP contribution in [-0.4, -0.2) is 66.4 Å². The van der Waals surface area contributed by atoms with Crippen LogP contribution in [0.25, 0.3) is 0 Å². The molecule has 0 aliphatic heterocycles. The van der Waals surface area contributed by atoms with Crippen LogP contribution in [0, 0.1) is 0 Å². The molecule has 0 atom stereocenters. The molecular formula is C28H43N3O7. The average molecular weight is 534 g/mol. The average Bonchev–Trinajstić information content (AvgIpc) is 2.95. The van der Waals surface area contributed by atoms with E-state index in [2.05, 4.69) is 16.0 Å². The third-order valence-corrected chi connectivity index (χ3v) is 4.93. The van der Waals surface area contributed by atoms with Crippen LogP contribution in [-0.2, 0) is 22.8 Å². The predicted octanol–water partition coefficient (Wildman–Crippen LogP) is 1.91. The van der Waals surface area contributed by atoms with Gasteiger partial charge >= 0.3 is 0 Å². The van der Waals surface area contributed by atoms with Crippen LogP contribution in [0.2, 0.25) is 0 Å². The molecule has 0 saturated heterocycles. The largest absolute Gasteiger partial charge is 0.484 e. The van der Waals surface area contributed by atoms with E-state index in [1.165, 1.54) is 0 Å². The molecular weight excluding hydrogens is 490 g/mol. The Morgan fingerprint density at radius 2 is 1.29 bits per heavy atom. The summed E-state index contributed by atoms with van der Waals surface area (Å²) in [4.78, 5) is 32.9. The molecule has 0 bridgehead atoms. The standard InChI is InChI=1S/C11H15NO3.C10H13NO2.C7H15NO2/c1-2-12-11(14)8-15-10-5-3-9(7-13)4-6-10;1-2-11-10(13)9-5-3-8(7-12)4-6-9;1-8-7(10)5-3-2-4-6-9/h3-6,13H,2,7-8H2,1H3,(H,12,14);3-6,12H,2,7H2,1H3,(H,11,13);9H,2-6H2,1H3,(H,8,10). The fourth-order valence-electron chi connectivity index (χ4n) is 2.81. The van der Waals surface area contributed by atoms with Crippen molar-refractivity contribution in [2.75, 3.05) is 33.4 Å². The van der Waals surface area contributed by atoms with Crippen molar-refractivity contribution in [3.8, 4) is 5.75 Å². The van der Waals surface area contributed by atoms with Gasteiger partial charge in [-0.05, 0) is 62.1 Å². The first-order valence-electron chi connectivity index (χ1n) is 12.7. The van der Waals surface area contributed by atoms with Crippen molar-refractivity contribution >= 4 is 17.7 Å². The molecule has 0 spiro atoms. The Hall–Kier alpha value is -3.47. The molecule has 0 heterocycles. The number of amides is 3. The minimum atomic E-state index is -0.135. The number of likely N-dealkylation sites (N-methyl/N-ethyl adjacent to an activating group) is 1. The normalized spacial score (nSPS) is 9.63. The van der Waals surface area contributed by atoms with Gasteiger partial charge in [0.05, 0.1) is 13.2 Å². The van der Waals surface area contributed by atoms with E-state index in [1.54, 1.807) is 55.6 Å². The maximum atomic E-state index is 11.3. The summed E-state index contributed by atoms with van der Waals surface area (Å²) in [6, 6.07) is 13.9. The summed E-state index contributed by atoms with van der Waals surface area (Å²) in [5.41, 5.74) is 2.26. The Kier molecular flexibility index (Phi) is 20.6. The molecule has 2 aromatic carbocycles. The van der Waals surface area contributed by atoms with Crippen LogP contribution >= 0.6 is 0 Å². The number of benzene rings is 2. The molecule has 0 unspecified atom stereocenters. The highest BCUT2D eigenvalue weighted by molar-refractivity contribution is 5.94. The predicted molar refractivity (Wildman–Crippen MR) is 147 cm³/mol. The van der Waals surface area contributed by atoms with E-state index in [-0.39, 0.29) is 44.1 Å². The highest BCUT2D eigenvalue weighted by atomic mass is 16.5. The zero-order chi connectivity index (χ0) is 28.6. The molecule has 0 radical (unpaired) electrons. The monoisotopic (exact) mass is 533 g/mol. The highest BCUT2D eigenvalue weighted by Gasteiger charge is 2.02. The quantitative estimate of drug-likeness (QED) is 0.215. The van der Waals surface area contributed by atoms with E-state index in [0.717, 1.165) is 30.4 Å². The summed E-state index contributed by atoms with van der Waals surface area (Å²) in [7, 11) is 1.63. The molecule has 0 aromatic heterocycles. The third-order valence-electron chi connectivity index (χ3n) is 4.93. The van der Waals surface area contributed by atoms with Crippen molar-refractivity contribution in [2.24, 2.45) is 0 Å². The highest BCUT2D eigenvalue weighted by Crippen LogP contribution is 2.11. The van der Waals surface area contributed by atoms with Crippen LogP contribution in [0.1, 0.15) is 61.0 Å². The van der Waals surface area contributed by atoms with Crippen molar-refractivity contribution < 1.29 is 34.4 Å². The third kappa shape index (κ3) is 17.1. The lowest BCUT2D eigenvalue weighted by molar-refractivity contribution is -0.123. The molecule has 3 amide bonds. The van der Waals surface area contributed by atoms with Gasteiger partial charge in [-0.2, -0.15) is 0 Å². The van der Waals surface area contributed by atoms with Crippen LogP contribution in [0.3, 0.4) is 0 Å². The molecule has 0 saturated carbocycles. The maximum Gasteiger partial charge on any atom is 0.257 e. The smallest absolute Gasteiger partial charge is 0.257 e. The number of unbranched alkanes of at least 4 members (excludes halogenated alkanes) is 2. The van der Waals surface area contributed by atoms with E-state index < -0.39 is 0 Å². The summed E-state index contributed by atoms with van der Waals surface area (Å²) >= 11 is 0. The number of ether oxygens (including phenoxy) is 1. The van der Waals surface area contributed by atoms with Crippen molar-refractivity contribution in [3.63, 3.8) is 0 Å². The molecule has 10 nitrogen and oxygen atoms in total. The Balaban J connectivity index is 0.000000553. The Labute approximate surface area is 225 Å². The second kappa shape index (κ2) is 22.7. The van der Waals surface area contributed by atoms with Gasteiger partial charge in [-0.15, -0.1) is 0 Å². The topological polar surface area (TPSA) is 157 Å². The number of carbonyl (C=O) groups is 3. The van der Waals surface area contributed by atoms with Gasteiger partial charge in [-0.3, -0.25) is 14.4 Å². The Morgan fingerprint density at radius 1 is 0.737 bits per heavy atom. The molecule has 10 heteroatoms. The molecule has 38 heavy (non-hydrogen) atoms. The van der Waals surface area contributed by atoms with Crippen LogP contribution < -0.4 is 20.7 Å². The summed E-state index contributed by atoms with van der Waals surface area (Å²) in [5, 5.41) is 33.8. The van der Waals surface area contributed by atoms with Crippen molar-refractivity contribution in [1.82, 2.24) is 16.0 Å². The number of nitrogens with one attached hydrogen (secondary N) is 3. The fraction of sp³-hybridized carbons (Fsp3) is 0.464. The van der Waals surface area contributed by atoms with Gasteiger partial charge in [0.25, 0.3) is 11.8 Å². The van der Waals surface area contributed by atoms with Gasteiger partial charge in [0.1, 0.15) is 5.75 Å². The number of aliphatic hydroxyl groups is 3. The first-order valence-corrected chi connectivity index (χ1v) is 12.7. The molecule has 2 rings (SSSR count). The summed E-state index contributed by atoms with van der Waals surface area (Å²) in [6.45, 7) is 5.23. The molecule has 212 valence electrons. The number of carbonyl (C=O) groups excluding carboxylic acids is 3. The second-order valence-corrected chi connectivity index (χ2v) is 7.97. The van der Waals surface area contributed by atoms with Crippen molar-refractivity contribution in [1.29, 1.82) is 0 Å². The van der Waals surface area contributed by atoms with Crippen LogP contribution in [0.5, 0.6) is 5.75 Å². The number of rotatable bonds is 13. The van der Waals surface area contributed by atoms with Crippen LogP contribution in [0.15, 0.2) is 48.5 Å². The van der Waals surface area contributed by atoms with E-state index in [1.807, 2.05) is 13.8 Å². The minimum absolute atomic E-state index is 0.00960. The molecule has 0 fully saturated rings. The Morgan fingerprint density at radius 3 is 1.76 bits per heavy atom. The van der Waals surface area contributed by atoms with Crippen molar-refractivity contribution in [2.45, 2.75) is 52.7 Å².